The summed E-state index contributed by atoms with van der Waals surface area (Å²) in [5.41, 5.74) is 7.55. The summed E-state index contributed by atoms with van der Waals surface area (Å²) in [6, 6.07) is 13.0. The zero-order valence-electron chi connectivity index (χ0n) is 16.3. The number of anilines is 1. The van der Waals surface area contributed by atoms with Gasteiger partial charge in [-0.2, -0.15) is 5.10 Å². The fraction of sp³-hybridized carbons (Fsp3) is 0.300. The maximum atomic E-state index is 12.3. The molecule has 0 saturated carbocycles. The molecule has 0 heterocycles. The minimum atomic E-state index is -3.61. The molecule has 1 amide bonds. The number of rotatable bonds is 6. The Morgan fingerprint density at radius 2 is 1.67 bits per heavy atom. The normalized spacial score (nSPS) is 12.0. The second-order valence-electron chi connectivity index (χ2n) is 6.64. The number of hydrazone groups is 1. The fourth-order valence-electron chi connectivity index (χ4n) is 2.45. The molecule has 0 bridgehead atoms. The van der Waals surface area contributed by atoms with Crippen molar-refractivity contribution in [2.45, 2.75) is 27.7 Å². The average molecular weight is 388 g/mol. The summed E-state index contributed by atoms with van der Waals surface area (Å²) in [4.78, 5) is 12.3. The largest absolute Gasteiger partial charge is 0.271 e. The van der Waals surface area contributed by atoms with Crippen molar-refractivity contribution in [3.8, 4) is 0 Å². The number of hydrogen-bond acceptors (Lipinski definition) is 4. The molecule has 0 unspecified atom stereocenters. The van der Waals surface area contributed by atoms with E-state index >= 15 is 0 Å². The topological polar surface area (TPSA) is 78.8 Å². The first-order valence-corrected chi connectivity index (χ1v) is 10.4. The van der Waals surface area contributed by atoms with Gasteiger partial charge in [0.25, 0.3) is 5.91 Å². The quantitative estimate of drug-likeness (QED) is 0.611. The van der Waals surface area contributed by atoms with E-state index in [1.807, 2.05) is 51.1 Å². The van der Waals surface area contributed by atoms with Gasteiger partial charge in [0.05, 0.1) is 17.7 Å². The summed E-state index contributed by atoms with van der Waals surface area (Å²) in [6.07, 6.45) is 1.08. The van der Waals surface area contributed by atoms with Crippen LogP contribution in [-0.2, 0) is 14.8 Å². The Labute approximate surface area is 161 Å². The Kier molecular flexibility index (Phi) is 6.38. The zero-order chi connectivity index (χ0) is 20.2. The summed E-state index contributed by atoms with van der Waals surface area (Å²) in [7, 11) is -3.61. The molecule has 0 aromatic heterocycles. The van der Waals surface area contributed by atoms with Crippen LogP contribution in [0.3, 0.4) is 0 Å². The minimum Gasteiger partial charge on any atom is -0.271 e. The van der Waals surface area contributed by atoms with E-state index in [-0.39, 0.29) is 6.54 Å². The summed E-state index contributed by atoms with van der Waals surface area (Å²) in [6.45, 7) is 7.27. The predicted octanol–water partition coefficient (Wildman–Crippen LogP) is 2.92. The number of carbonyl (C=O) groups is 1. The van der Waals surface area contributed by atoms with E-state index in [0.29, 0.717) is 11.4 Å². The van der Waals surface area contributed by atoms with E-state index in [2.05, 4.69) is 10.5 Å². The lowest BCUT2D eigenvalue weighted by Crippen LogP contribution is -2.39. The number of sulfonamides is 1. The molecule has 1 N–H and O–H groups in total. The van der Waals surface area contributed by atoms with Crippen LogP contribution < -0.4 is 9.73 Å². The molecule has 2 aromatic carbocycles. The van der Waals surface area contributed by atoms with Crippen LogP contribution in [0.4, 0.5) is 5.69 Å². The highest BCUT2D eigenvalue weighted by molar-refractivity contribution is 7.92. The third-order valence-corrected chi connectivity index (χ3v) is 5.42. The van der Waals surface area contributed by atoms with Gasteiger partial charge in [-0.05, 0) is 56.5 Å². The Hall–Kier alpha value is -2.67. The van der Waals surface area contributed by atoms with Crippen molar-refractivity contribution in [3.63, 3.8) is 0 Å². The Morgan fingerprint density at radius 3 is 2.22 bits per heavy atom. The molecule has 0 aliphatic heterocycles. The fourth-order valence-corrected chi connectivity index (χ4v) is 3.30. The third kappa shape index (κ3) is 5.65. The van der Waals surface area contributed by atoms with Crippen molar-refractivity contribution >= 4 is 27.3 Å². The van der Waals surface area contributed by atoms with Crippen molar-refractivity contribution in [3.05, 3.63) is 64.7 Å². The standard InChI is InChI=1S/C20H25N3O3S/c1-14-6-9-18(10-7-14)17(4)21-22-20(24)13-23(27(5,25)26)19-11-8-15(2)16(3)12-19/h6-12H,13H2,1-5H3,(H,22,24)/b21-17-. The van der Waals surface area contributed by atoms with Crippen LogP contribution >= 0.6 is 0 Å². The van der Waals surface area contributed by atoms with Crippen molar-refractivity contribution in [1.29, 1.82) is 0 Å². The molecule has 27 heavy (non-hydrogen) atoms. The van der Waals surface area contributed by atoms with Crippen LogP contribution in [0, 0.1) is 20.8 Å². The minimum absolute atomic E-state index is 0.341. The van der Waals surface area contributed by atoms with Gasteiger partial charge in [0.15, 0.2) is 0 Å². The van der Waals surface area contributed by atoms with Crippen LogP contribution in [0.1, 0.15) is 29.2 Å². The summed E-state index contributed by atoms with van der Waals surface area (Å²) in [5, 5.41) is 4.08. The average Bonchev–Trinajstić information content (AvgIpc) is 2.59. The first-order valence-electron chi connectivity index (χ1n) is 8.53. The van der Waals surface area contributed by atoms with Crippen LogP contribution in [0.15, 0.2) is 47.6 Å². The highest BCUT2D eigenvalue weighted by Crippen LogP contribution is 2.21. The van der Waals surface area contributed by atoms with E-state index in [1.165, 1.54) is 0 Å². The van der Waals surface area contributed by atoms with Crippen molar-refractivity contribution < 1.29 is 13.2 Å². The predicted molar refractivity (Wildman–Crippen MR) is 110 cm³/mol. The molecule has 0 saturated heterocycles. The van der Waals surface area contributed by atoms with E-state index in [9.17, 15) is 13.2 Å². The number of nitrogens with one attached hydrogen (secondary N) is 1. The van der Waals surface area contributed by atoms with Crippen molar-refractivity contribution in [1.82, 2.24) is 5.43 Å². The molecule has 2 aromatic rings. The van der Waals surface area contributed by atoms with Crippen molar-refractivity contribution in [2.24, 2.45) is 5.10 Å². The van der Waals surface area contributed by atoms with Crippen LogP contribution in [-0.4, -0.2) is 32.8 Å². The highest BCUT2D eigenvalue weighted by atomic mass is 32.2. The highest BCUT2D eigenvalue weighted by Gasteiger charge is 2.21. The van der Waals surface area contributed by atoms with E-state index in [1.54, 1.807) is 19.1 Å². The molecular formula is C20H25N3O3S. The number of hydrogen-bond donors (Lipinski definition) is 1. The molecule has 0 radical (unpaired) electrons. The molecule has 0 spiro atoms. The first-order chi connectivity index (χ1) is 12.6. The summed E-state index contributed by atoms with van der Waals surface area (Å²) >= 11 is 0. The number of amides is 1. The van der Waals surface area contributed by atoms with Gasteiger partial charge in [-0.15, -0.1) is 0 Å². The van der Waals surface area contributed by atoms with Gasteiger partial charge in [-0.1, -0.05) is 35.9 Å². The SMILES string of the molecule is C/C(=N/NC(=O)CN(c1ccc(C)c(C)c1)S(C)(=O)=O)c1ccc(C)cc1. The molecule has 0 atom stereocenters. The molecule has 6 nitrogen and oxygen atoms in total. The smallest absolute Gasteiger partial charge is 0.260 e. The summed E-state index contributed by atoms with van der Waals surface area (Å²) < 4.78 is 25.4. The number of nitrogens with zero attached hydrogens (tertiary/aromatic N) is 2. The van der Waals surface area contributed by atoms with Gasteiger partial charge in [0.2, 0.25) is 10.0 Å². The lowest BCUT2D eigenvalue weighted by molar-refractivity contribution is -0.119. The maximum Gasteiger partial charge on any atom is 0.260 e. The van der Waals surface area contributed by atoms with Gasteiger partial charge < -0.3 is 0 Å². The molecule has 144 valence electrons. The number of aryl methyl sites for hydroxylation is 3. The Bertz CT molecular complexity index is 964. The first kappa shape index (κ1) is 20.6. The molecular weight excluding hydrogens is 362 g/mol. The van der Waals surface area contributed by atoms with E-state index in [0.717, 1.165) is 32.8 Å². The lowest BCUT2D eigenvalue weighted by Gasteiger charge is -2.22. The third-order valence-electron chi connectivity index (χ3n) is 4.28. The second kappa shape index (κ2) is 8.35. The van der Waals surface area contributed by atoms with Crippen LogP contribution in [0.25, 0.3) is 0 Å². The molecule has 0 aliphatic carbocycles. The van der Waals surface area contributed by atoms with Crippen LogP contribution in [0.5, 0.6) is 0 Å². The maximum absolute atomic E-state index is 12.3. The molecule has 2 rings (SSSR count). The van der Waals surface area contributed by atoms with Crippen molar-refractivity contribution in [2.75, 3.05) is 17.1 Å². The van der Waals surface area contributed by atoms with Gasteiger partial charge >= 0.3 is 0 Å². The molecule has 0 fully saturated rings. The van der Waals surface area contributed by atoms with Gasteiger partial charge in [-0.25, -0.2) is 13.8 Å². The zero-order valence-corrected chi connectivity index (χ0v) is 17.1. The Balaban J connectivity index is 2.15. The van der Waals surface area contributed by atoms with E-state index in [4.69, 9.17) is 0 Å². The monoisotopic (exact) mass is 387 g/mol. The molecule has 0 aliphatic rings. The Morgan fingerprint density at radius 1 is 1.04 bits per heavy atom. The van der Waals surface area contributed by atoms with Gasteiger partial charge in [-0.3, -0.25) is 9.10 Å². The van der Waals surface area contributed by atoms with Gasteiger partial charge in [0.1, 0.15) is 6.54 Å². The number of benzene rings is 2. The lowest BCUT2D eigenvalue weighted by atomic mass is 10.1. The number of carbonyl (C=O) groups excluding carboxylic acids is 1. The van der Waals surface area contributed by atoms with Crippen LogP contribution in [0.2, 0.25) is 0 Å². The molecule has 7 heteroatoms. The van der Waals surface area contributed by atoms with Gasteiger partial charge in [0, 0.05) is 0 Å². The van der Waals surface area contributed by atoms with E-state index < -0.39 is 15.9 Å². The summed E-state index contributed by atoms with van der Waals surface area (Å²) in [5.74, 6) is -0.509. The second-order valence-corrected chi connectivity index (χ2v) is 8.54.